The Morgan fingerprint density at radius 1 is 1.38 bits per heavy atom. The van der Waals surface area contributed by atoms with Crippen LogP contribution in [0.4, 0.5) is 0 Å². The van der Waals surface area contributed by atoms with E-state index in [0.29, 0.717) is 0 Å². The summed E-state index contributed by atoms with van der Waals surface area (Å²) in [4.78, 5) is 0. The molecule has 0 aliphatic heterocycles. The Morgan fingerprint density at radius 3 is 2.85 bits per heavy atom. The summed E-state index contributed by atoms with van der Waals surface area (Å²) in [6.45, 7) is 4.05. The fourth-order valence-corrected chi connectivity index (χ4v) is 1.97. The summed E-state index contributed by atoms with van der Waals surface area (Å²) in [6, 6.07) is 8.04. The first kappa shape index (κ1) is 10.7. The molecule has 0 saturated heterocycles. The third-order valence-corrected chi connectivity index (χ3v) is 3.06. The van der Waals surface area contributed by atoms with Crippen molar-refractivity contribution in [2.75, 3.05) is 6.54 Å². The van der Waals surface area contributed by atoms with Crippen LogP contribution in [0.3, 0.4) is 0 Å². The van der Waals surface area contributed by atoms with Crippen molar-refractivity contribution in [1.29, 1.82) is 0 Å². The number of hydrogen-bond donors (Lipinski definition) is 2. The zero-order valence-corrected chi connectivity index (χ0v) is 9.50. The van der Waals surface area contributed by atoms with Crippen molar-refractivity contribution < 1.29 is 4.19 Å². The van der Waals surface area contributed by atoms with Crippen LogP contribution in [0.25, 0.3) is 0 Å². The molecule has 0 fully saturated rings. The van der Waals surface area contributed by atoms with Gasteiger partial charge in [-0.3, -0.25) is 0 Å². The molecule has 1 aromatic carbocycles. The molecular formula is C10H15NOSe. The van der Waals surface area contributed by atoms with Gasteiger partial charge in [0.2, 0.25) is 0 Å². The molecule has 0 saturated carbocycles. The first-order chi connectivity index (χ1) is 6.38. The molecule has 1 aromatic rings. The molecule has 0 radical (unpaired) electrons. The third-order valence-electron chi connectivity index (χ3n) is 1.81. The Bertz CT molecular complexity index is 252. The van der Waals surface area contributed by atoms with Gasteiger partial charge in [0.15, 0.2) is 0 Å². The Morgan fingerprint density at radius 2 is 2.15 bits per heavy atom. The molecule has 2 nitrogen and oxygen atoms in total. The first-order valence-electron chi connectivity index (χ1n) is 4.48. The van der Waals surface area contributed by atoms with E-state index in [0.717, 1.165) is 24.0 Å². The molecule has 1 rings (SSSR count). The quantitative estimate of drug-likeness (QED) is 0.581. The normalized spacial score (nSPS) is 10.3. The van der Waals surface area contributed by atoms with Crippen molar-refractivity contribution in [3.8, 4) is 0 Å². The van der Waals surface area contributed by atoms with Crippen LogP contribution in [0, 0.1) is 0 Å². The van der Waals surface area contributed by atoms with E-state index < -0.39 is 0 Å². The molecule has 0 amide bonds. The summed E-state index contributed by atoms with van der Waals surface area (Å²) < 4.78 is 10.2. The maximum absolute atomic E-state index is 9.11. The molecule has 2 N–H and O–H groups in total. The van der Waals surface area contributed by atoms with E-state index in [2.05, 4.69) is 18.3 Å². The first-order valence-corrected chi connectivity index (χ1v) is 6.10. The molecule has 0 unspecified atom stereocenters. The minimum absolute atomic E-state index is 0.384. The molecule has 13 heavy (non-hydrogen) atoms. The second-order valence-corrected chi connectivity index (χ2v) is 4.18. The monoisotopic (exact) mass is 245 g/mol. The Labute approximate surface area is 85.8 Å². The minimum atomic E-state index is -0.384. The summed E-state index contributed by atoms with van der Waals surface area (Å²) in [5.41, 5.74) is 1.22. The van der Waals surface area contributed by atoms with E-state index in [1.54, 1.807) is 0 Å². The predicted octanol–water partition coefficient (Wildman–Crippen LogP) is 0.423. The van der Waals surface area contributed by atoms with Crippen LogP contribution in [-0.4, -0.2) is 26.0 Å². The van der Waals surface area contributed by atoms with Gasteiger partial charge in [-0.25, -0.2) is 0 Å². The van der Waals surface area contributed by atoms with Gasteiger partial charge in [-0.1, -0.05) is 0 Å². The number of hydrogen-bond acceptors (Lipinski definition) is 2. The summed E-state index contributed by atoms with van der Waals surface area (Å²) in [5, 5.41) is 3.32. The molecule has 0 aromatic heterocycles. The maximum atomic E-state index is 9.11. The molecular weight excluding hydrogens is 229 g/mol. The van der Waals surface area contributed by atoms with Gasteiger partial charge in [0.25, 0.3) is 0 Å². The van der Waals surface area contributed by atoms with Crippen molar-refractivity contribution in [2.45, 2.75) is 19.9 Å². The van der Waals surface area contributed by atoms with Gasteiger partial charge in [0, 0.05) is 0 Å². The fourth-order valence-electron chi connectivity index (χ4n) is 1.14. The average molecular weight is 244 g/mol. The summed E-state index contributed by atoms with van der Waals surface area (Å²) in [7, 11) is 0. The Hall–Kier alpha value is -0.341. The van der Waals surface area contributed by atoms with E-state index in [9.17, 15) is 0 Å². The standard InChI is InChI=1S/C10H15NOSe/c1-2-7-11-8-9-5-3-4-6-10(9)13-12/h3-6,11-12H,2,7-8H2,1H3. The van der Waals surface area contributed by atoms with Gasteiger partial charge < -0.3 is 0 Å². The van der Waals surface area contributed by atoms with Crippen molar-refractivity contribution in [3.05, 3.63) is 29.8 Å². The van der Waals surface area contributed by atoms with Crippen LogP contribution in [0.1, 0.15) is 18.9 Å². The molecule has 0 heterocycles. The fraction of sp³-hybridized carbons (Fsp3) is 0.400. The SMILES string of the molecule is CCCNCc1ccccc1[Se]O. The van der Waals surface area contributed by atoms with Crippen LogP contribution in [0.15, 0.2) is 24.3 Å². The van der Waals surface area contributed by atoms with Crippen molar-refractivity contribution in [2.24, 2.45) is 0 Å². The Kier molecular flexibility index (Phi) is 5.09. The second kappa shape index (κ2) is 6.16. The van der Waals surface area contributed by atoms with Gasteiger partial charge in [-0.15, -0.1) is 0 Å². The van der Waals surface area contributed by atoms with Gasteiger partial charge >= 0.3 is 85.5 Å². The molecule has 72 valence electrons. The molecule has 0 spiro atoms. The topological polar surface area (TPSA) is 32.3 Å². The second-order valence-electron chi connectivity index (χ2n) is 2.88. The third kappa shape index (κ3) is 3.49. The van der Waals surface area contributed by atoms with Crippen LogP contribution in [0.5, 0.6) is 0 Å². The zero-order valence-electron chi connectivity index (χ0n) is 7.79. The van der Waals surface area contributed by atoms with Crippen molar-refractivity contribution in [1.82, 2.24) is 5.32 Å². The van der Waals surface area contributed by atoms with Crippen LogP contribution < -0.4 is 9.78 Å². The van der Waals surface area contributed by atoms with Crippen LogP contribution in [0.2, 0.25) is 0 Å². The van der Waals surface area contributed by atoms with Crippen LogP contribution >= 0.6 is 0 Å². The van der Waals surface area contributed by atoms with Crippen LogP contribution in [-0.2, 0) is 6.54 Å². The molecule has 0 bridgehead atoms. The zero-order chi connectivity index (χ0) is 9.52. The van der Waals surface area contributed by atoms with E-state index in [4.69, 9.17) is 4.19 Å². The summed E-state index contributed by atoms with van der Waals surface area (Å²) >= 11 is -0.384. The van der Waals surface area contributed by atoms with E-state index in [1.807, 2.05) is 18.2 Å². The van der Waals surface area contributed by atoms with E-state index in [-0.39, 0.29) is 15.3 Å². The van der Waals surface area contributed by atoms with E-state index in [1.165, 1.54) is 5.56 Å². The van der Waals surface area contributed by atoms with Crippen molar-refractivity contribution >= 4 is 19.7 Å². The number of nitrogens with one attached hydrogen (secondary N) is 1. The molecule has 3 heteroatoms. The van der Waals surface area contributed by atoms with Gasteiger partial charge in [-0.2, -0.15) is 0 Å². The van der Waals surface area contributed by atoms with Gasteiger partial charge in [0.05, 0.1) is 0 Å². The Balaban J connectivity index is 2.54. The summed E-state index contributed by atoms with van der Waals surface area (Å²) in [6.07, 6.45) is 1.15. The molecule has 0 atom stereocenters. The molecule has 0 aliphatic rings. The van der Waals surface area contributed by atoms with Crippen molar-refractivity contribution in [3.63, 3.8) is 0 Å². The number of benzene rings is 1. The number of rotatable bonds is 5. The van der Waals surface area contributed by atoms with E-state index >= 15 is 0 Å². The molecule has 0 aliphatic carbocycles. The summed E-state index contributed by atoms with van der Waals surface area (Å²) in [5.74, 6) is 0. The van der Waals surface area contributed by atoms with Gasteiger partial charge in [0.1, 0.15) is 0 Å². The van der Waals surface area contributed by atoms with Gasteiger partial charge in [-0.05, 0) is 0 Å². The predicted molar refractivity (Wildman–Crippen MR) is 56.0 cm³/mol. The average Bonchev–Trinajstić information content (AvgIpc) is 2.19.